The van der Waals surface area contributed by atoms with Crippen LogP contribution in [0.4, 0.5) is 0 Å². The average Bonchev–Trinajstić information content (AvgIpc) is 2.97. The average molecular weight is 573 g/mol. The van der Waals surface area contributed by atoms with Crippen LogP contribution in [0.1, 0.15) is 47.0 Å². The zero-order valence-corrected chi connectivity index (χ0v) is 24.1. The van der Waals surface area contributed by atoms with Crippen molar-refractivity contribution in [3.8, 4) is 0 Å². The number of nitrogens with two attached hydrogens (primary N) is 3. The molecule has 0 aliphatic rings. The molecule has 4 aromatic rings. The van der Waals surface area contributed by atoms with Crippen LogP contribution in [0.2, 0.25) is 5.02 Å². The lowest BCUT2D eigenvalue weighted by atomic mass is 9.78. The number of nitrogens with one attached hydrogen (secondary N) is 1. The van der Waals surface area contributed by atoms with Crippen molar-refractivity contribution in [1.29, 1.82) is 0 Å². The molecule has 2 aromatic heterocycles. The molecule has 8 N–H and O–H groups in total. The van der Waals surface area contributed by atoms with Gasteiger partial charge < -0.3 is 27.6 Å². The van der Waals surface area contributed by atoms with E-state index >= 15 is 0 Å². The molecule has 2 aromatic carbocycles. The Morgan fingerprint density at radius 1 is 0.780 bits per heavy atom. The van der Waals surface area contributed by atoms with Crippen LogP contribution < -0.4 is 22.5 Å². The molecule has 216 valence electrons. The van der Waals surface area contributed by atoms with Crippen LogP contribution in [0.3, 0.4) is 0 Å². The maximum Gasteiger partial charge on any atom is 0.0626 e. The second-order valence-corrected chi connectivity index (χ2v) is 11.3. The maximum absolute atomic E-state index is 10.1. The fourth-order valence-electron chi connectivity index (χ4n) is 5.35. The van der Waals surface area contributed by atoms with Crippen molar-refractivity contribution >= 4 is 11.6 Å². The Labute approximate surface area is 248 Å². The smallest absolute Gasteiger partial charge is 0.0626 e. The molecule has 0 spiro atoms. The van der Waals surface area contributed by atoms with Crippen LogP contribution >= 0.6 is 11.6 Å². The van der Waals surface area contributed by atoms with Crippen LogP contribution in [0.15, 0.2) is 97.3 Å². The van der Waals surface area contributed by atoms with Gasteiger partial charge in [-0.05, 0) is 78.9 Å². The summed E-state index contributed by atoms with van der Waals surface area (Å²) in [4.78, 5) is 8.87. The Morgan fingerprint density at radius 2 is 1.34 bits per heavy atom. The van der Waals surface area contributed by atoms with Gasteiger partial charge in [-0.1, -0.05) is 60.1 Å². The van der Waals surface area contributed by atoms with Crippen LogP contribution in [0, 0.1) is 0 Å². The van der Waals surface area contributed by atoms with Gasteiger partial charge in [0.05, 0.1) is 12.6 Å². The highest BCUT2D eigenvalue weighted by Gasteiger charge is 2.32. The molecule has 41 heavy (non-hydrogen) atoms. The number of hydrogen-bond donors (Lipinski definition) is 5. The topological polar surface area (TPSA) is 136 Å². The van der Waals surface area contributed by atoms with E-state index in [-0.39, 0.29) is 24.7 Å². The summed E-state index contributed by atoms with van der Waals surface area (Å²) >= 11 is 5.99. The Hall–Kier alpha value is -3.17. The molecule has 8 heteroatoms. The second-order valence-electron chi connectivity index (χ2n) is 10.8. The summed E-state index contributed by atoms with van der Waals surface area (Å²) in [5, 5.41) is 14.3. The Kier molecular flexibility index (Phi) is 11.4. The number of halogens is 1. The molecule has 3 unspecified atom stereocenters. The van der Waals surface area contributed by atoms with E-state index in [2.05, 4.69) is 15.3 Å². The first kappa shape index (κ1) is 30.8. The SMILES string of the molecule is NC(Cc1ccccn1)CC(N)(CC(N)Cc1ccccn1)c1ccc(C(CO)NCCc2ccc(Cl)cc2)cc1. The number of pyridine rings is 2. The number of aliphatic hydroxyl groups excluding tert-OH is 1. The number of rotatable bonds is 15. The lowest BCUT2D eigenvalue weighted by Gasteiger charge is -2.35. The van der Waals surface area contributed by atoms with Crippen molar-refractivity contribution in [3.63, 3.8) is 0 Å². The minimum absolute atomic E-state index is 0.0162. The summed E-state index contributed by atoms with van der Waals surface area (Å²) in [6, 6.07) is 27.1. The number of aliphatic hydroxyl groups is 1. The quantitative estimate of drug-likeness (QED) is 0.145. The lowest BCUT2D eigenvalue weighted by molar-refractivity contribution is 0.245. The van der Waals surface area contributed by atoms with Gasteiger partial charge >= 0.3 is 0 Å². The van der Waals surface area contributed by atoms with Gasteiger partial charge in [0.1, 0.15) is 0 Å². The fourth-order valence-corrected chi connectivity index (χ4v) is 5.48. The first-order valence-corrected chi connectivity index (χ1v) is 14.5. The standard InChI is InChI=1S/C33H41ClN6O/c34-27-13-7-24(8-14-27)15-18-40-32(23-41)25-9-11-26(12-10-25)33(37,21-28(35)19-30-5-1-3-16-38-30)22-29(36)20-31-6-2-4-17-39-31/h1-14,16-17,28-29,32,40-41H,15,18-23,35-37H2. The molecule has 4 rings (SSSR count). The monoisotopic (exact) mass is 572 g/mol. The zero-order valence-electron chi connectivity index (χ0n) is 23.4. The molecule has 3 atom stereocenters. The van der Waals surface area contributed by atoms with Gasteiger partial charge in [0.25, 0.3) is 0 Å². The van der Waals surface area contributed by atoms with E-state index < -0.39 is 5.54 Å². The molecule has 0 saturated carbocycles. The highest BCUT2D eigenvalue weighted by atomic mass is 35.5. The van der Waals surface area contributed by atoms with Crippen molar-refractivity contribution in [3.05, 3.63) is 130 Å². The molecule has 7 nitrogen and oxygen atoms in total. The number of benzene rings is 2. The van der Waals surface area contributed by atoms with Crippen molar-refractivity contribution in [2.75, 3.05) is 13.2 Å². The summed E-state index contributed by atoms with van der Waals surface area (Å²) in [5.74, 6) is 0. The third kappa shape index (κ3) is 9.43. The first-order chi connectivity index (χ1) is 19.8. The largest absolute Gasteiger partial charge is 0.394 e. The van der Waals surface area contributed by atoms with Crippen molar-refractivity contribution in [2.24, 2.45) is 17.2 Å². The normalized spacial score (nSPS) is 15.1. The Bertz CT molecular complexity index is 1260. The van der Waals surface area contributed by atoms with Crippen LogP contribution in [-0.4, -0.2) is 40.3 Å². The molecule has 0 fully saturated rings. The van der Waals surface area contributed by atoms with Crippen molar-refractivity contribution in [1.82, 2.24) is 15.3 Å². The predicted octanol–water partition coefficient (Wildman–Crippen LogP) is 4.07. The molecule has 0 saturated heterocycles. The van der Waals surface area contributed by atoms with Gasteiger partial charge in [-0.2, -0.15) is 0 Å². The minimum atomic E-state index is -0.752. The number of hydrogen-bond acceptors (Lipinski definition) is 7. The third-order valence-electron chi connectivity index (χ3n) is 7.44. The number of nitrogens with zero attached hydrogens (tertiary/aromatic N) is 2. The maximum atomic E-state index is 10.1. The minimum Gasteiger partial charge on any atom is -0.394 e. The van der Waals surface area contributed by atoms with Crippen LogP contribution in [-0.2, 0) is 24.8 Å². The van der Waals surface area contributed by atoms with Crippen molar-refractivity contribution in [2.45, 2.75) is 55.8 Å². The lowest BCUT2D eigenvalue weighted by Crippen LogP contribution is -2.47. The molecule has 0 radical (unpaired) electrons. The van der Waals surface area contributed by atoms with E-state index in [0.29, 0.717) is 25.7 Å². The summed E-state index contributed by atoms with van der Waals surface area (Å²) in [6.45, 7) is 0.706. The molecule has 0 bridgehead atoms. The van der Waals surface area contributed by atoms with Gasteiger partial charge in [-0.25, -0.2) is 0 Å². The van der Waals surface area contributed by atoms with Gasteiger partial charge in [0, 0.05) is 59.3 Å². The summed E-state index contributed by atoms with van der Waals surface area (Å²) in [5.41, 5.74) is 24.7. The van der Waals surface area contributed by atoms with Gasteiger partial charge in [0.2, 0.25) is 0 Å². The third-order valence-corrected chi connectivity index (χ3v) is 7.69. The van der Waals surface area contributed by atoms with E-state index in [1.807, 2.05) is 84.9 Å². The molecular formula is C33H41ClN6O. The Balaban J connectivity index is 1.46. The molecule has 0 amide bonds. The molecule has 0 aliphatic carbocycles. The van der Waals surface area contributed by atoms with Gasteiger partial charge in [0.15, 0.2) is 0 Å². The zero-order chi connectivity index (χ0) is 29.1. The van der Waals surface area contributed by atoms with Gasteiger partial charge in [-0.3, -0.25) is 9.97 Å². The fraction of sp³-hybridized carbons (Fsp3) is 0.333. The predicted molar refractivity (Wildman–Crippen MR) is 166 cm³/mol. The van der Waals surface area contributed by atoms with E-state index in [4.69, 9.17) is 28.8 Å². The summed E-state index contributed by atoms with van der Waals surface area (Å²) in [6.07, 6.45) is 6.72. The van der Waals surface area contributed by atoms with E-state index in [9.17, 15) is 5.11 Å². The highest BCUT2D eigenvalue weighted by Crippen LogP contribution is 2.31. The Morgan fingerprint density at radius 3 is 1.83 bits per heavy atom. The van der Waals surface area contributed by atoms with E-state index in [1.54, 1.807) is 12.4 Å². The van der Waals surface area contributed by atoms with Gasteiger partial charge in [-0.15, -0.1) is 0 Å². The molecule has 2 heterocycles. The van der Waals surface area contributed by atoms with Crippen molar-refractivity contribution < 1.29 is 5.11 Å². The second kappa shape index (κ2) is 15.2. The van der Waals surface area contributed by atoms with Crippen LogP contribution in [0.25, 0.3) is 0 Å². The first-order valence-electron chi connectivity index (χ1n) is 14.1. The number of aromatic nitrogens is 2. The summed E-state index contributed by atoms with van der Waals surface area (Å²) in [7, 11) is 0. The summed E-state index contributed by atoms with van der Waals surface area (Å²) < 4.78 is 0. The van der Waals surface area contributed by atoms with E-state index in [0.717, 1.165) is 40.5 Å². The molecular weight excluding hydrogens is 532 g/mol. The highest BCUT2D eigenvalue weighted by molar-refractivity contribution is 6.30. The van der Waals surface area contributed by atoms with E-state index in [1.165, 1.54) is 5.56 Å². The molecule has 0 aliphatic heterocycles. The van der Waals surface area contributed by atoms with Crippen LogP contribution in [0.5, 0.6) is 0 Å².